The molecule has 0 radical (unpaired) electrons. The minimum Gasteiger partial charge on any atom is -0.497 e. The van der Waals surface area contributed by atoms with E-state index in [9.17, 15) is 9.59 Å². The normalized spacial score (nSPS) is 18.2. The van der Waals surface area contributed by atoms with E-state index in [-0.39, 0.29) is 12.5 Å². The summed E-state index contributed by atoms with van der Waals surface area (Å²) in [5.74, 6) is -0.474. The molecule has 114 valence electrons. The van der Waals surface area contributed by atoms with E-state index in [2.05, 4.69) is 0 Å². The number of nitrogens with zero attached hydrogens (tertiary/aromatic N) is 1. The predicted octanol–water partition coefficient (Wildman–Crippen LogP) is 1.64. The molecule has 0 spiro atoms. The summed E-state index contributed by atoms with van der Waals surface area (Å²) >= 11 is 0. The van der Waals surface area contributed by atoms with Crippen LogP contribution in [0.1, 0.15) is 23.2 Å². The first kappa shape index (κ1) is 15.2. The van der Waals surface area contributed by atoms with Crippen LogP contribution in [-0.2, 0) is 4.79 Å². The number of carboxylic acid groups (broad SMARTS) is 1. The van der Waals surface area contributed by atoms with E-state index in [0.717, 1.165) is 0 Å². The number of carbonyl (C=O) groups excluding carboxylic acids is 1. The second kappa shape index (κ2) is 6.47. The van der Waals surface area contributed by atoms with Gasteiger partial charge in [-0.1, -0.05) is 0 Å². The van der Waals surface area contributed by atoms with Gasteiger partial charge in [-0.2, -0.15) is 0 Å². The highest BCUT2D eigenvalue weighted by molar-refractivity contribution is 5.95. The molecule has 6 heteroatoms. The molecular formula is C15H19NO5. The number of methoxy groups -OCH3 is 2. The zero-order valence-corrected chi connectivity index (χ0v) is 12.2. The molecule has 0 unspecified atom stereocenters. The average Bonchev–Trinajstić information content (AvgIpc) is 2.53. The first-order valence-electron chi connectivity index (χ1n) is 6.80. The zero-order chi connectivity index (χ0) is 15.4. The van der Waals surface area contributed by atoms with E-state index in [0.29, 0.717) is 36.4 Å². The quantitative estimate of drug-likeness (QED) is 0.913. The Kier molecular flexibility index (Phi) is 4.67. The molecule has 0 aromatic heterocycles. The molecule has 1 aromatic carbocycles. The zero-order valence-electron chi connectivity index (χ0n) is 12.2. The molecule has 6 nitrogen and oxygen atoms in total. The van der Waals surface area contributed by atoms with Crippen molar-refractivity contribution in [2.75, 3.05) is 27.3 Å². The molecule has 1 heterocycles. The van der Waals surface area contributed by atoms with Gasteiger partial charge < -0.3 is 19.5 Å². The van der Waals surface area contributed by atoms with Gasteiger partial charge in [-0.25, -0.2) is 0 Å². The number of hydrogen-bond donors (Lipinski definition) is 1. The van der Waals surface area contributed by atoms with Crippen LogP contribution in [0.2, 0.25) is 0 Å². The van der Waals surface area contributed by atoms with Crippen molar-refractivity contribution in [1.29, 1.82) is 0 Å². The Hall–Kier alpha value is -2.24. The Bertz CT molecular complexity index is 521. The molecule has 1 aromatic rings. The van der Waals surface area contributed by atoms with Crippen molar-refractivity contribution >= 4 is 11.9 Å². The van der Waals surface area contributed by atoms with Crippen molar-refractivity contribution in [2.45, 2.75) is 12.8 Å². The van der Waals surface area contributed by atoms with E-state index in [4.69, 9.17) is 14.6 Å². The molecule has 1 amide bonds. The van der Waals surface area contributed by atoms with Crippen molar-refractivity contribution in [3.05, 3.63) is 23.8 Å². The van der Waals surface area contributed by atoms with Gasteiger partial charge in [0.1, 0.15) is 11.5 Å². The number of carboxylic acids is 1. The van der Waals surface area contributed by atoms with Gasteiger partial charge in [0.25, 0.3) is 5.91 Å². The van der Waals surface area contributed by atoms with E-state index in [1.807, 2.05) is 0 Å². The Morgan fingerprint density at radius 2 is 1.81 bits per heavy atom. The van der Waals surface area contributed by atoms with E-state index in [1.165, 1.54) is 14.2 Å². The molecule has 1 fully saturated rings. The molecular weight excluding hydrogens is 274 g/mol. The fourth-order valence-corrected chi connectivity index (χ4v) is 2.48. The number of aliphatic carboxylic acids is 1. The van der Waals surface area contributed by atoms with Crippen LogP contribution in [0.5, 0.6) is 11.5 Å². The minimum atomic E-state index is -0.851. The summed E-state index contributed by atoms with van der Waals surface area (Å²) in [6.07, 6.45) is 1.31. The van der Waals surface area contributed by atoms with Crippen molar-refractivity contribution in [1.82, 2.24) is 4.90 Å². The van der Waals surface area contributed by atoms with Crippen LogP contribution in [0.3, 0.4) is 0 Å². The van der Waals surface area contributed by atoms with Crippen LogP contribution >= 0.6 is 0 Å². The largest absolute Gasteiger partial charge is 0.497 e. The highest BCUT2D eigenvalue weighted by Crippen LogP contribution is 2.25. The summed E-state index contributed by atoms with van der Waals surface area (Å²) in [6.45, 7) is 0.815. The SMILES string of the molecule is COc1cc(OC)cc(C(=O)N2CCC[C@H](C(=O)O)C2)c1. The van der Waals surface area contributed by atoms with Crippen molar-refractivity contribution < 1.29 is 24.2 Å². The smallest absolute Gasteiger partial charge is 0.308 e. The summed E-state index contributed by atoms with van der Waals surface area (Å²) in [7, 11) is 3.04. The Labute approximate surface area is 123 Å². The number of ether oxygens (including phenoxy) is 2. The third kappa shape index (κ3) is 3.45. The third-order valence-electron chi connectivity index (χ3n) is 3.66. The summed E-state index contributed by atoms with van der Waals surface area (Å²) in [4.78, 5) is 25.2. The lowest BCUT2D eigenvalue weighted by atomic mass is 9.97. The molecule has 21 heavy (non-hydrogen) atoms. The molecule has 1 N–H and O–H groups in total. The predicted molar refractivity (Wildman–Crippen MR) is 75.8 cm³/mol. The lowest BCUT2D eigenvalue weighted by molar-refractivity contribution is -0.143. The van der Waals surface area contributed by atoms with Crippen molar-refractivity contribution in [2.24, 2.45) is 5.92 Å². The van der Waals surface area contributed by atoms with E-state index in [1.54, 1.807) is 23.1 Å². The summed E-state index contributed by atoms with van der Waals surface area (Å²) in [5.41, 5.74) is 0.442. The van der Waals surface area contributed by atoms with Gasteiger partial charge in [0.15, 0.2) is 0 Å². The molecule has 1 atom stereocenters. The third-order valence-corrected chi connectivity index (χ3v) is 3.66. The van der Waals surface area contributed by atoms with Crippen molar-refractivity contribution in [3.63, 3.8) is 0 Å². The number of piperidine rings is 1. The van der Waals surface area contributed by atoms with Crippen LogP contribution in [0, 0.1) is 5.92 Å². The van der Waals surface area contributed by atoms with Gasteiger partial charge in [-0.05, 0) is 25.0 Å². The monoisotopic (exact) mass is 293 g/mol. The molecule has 0 bridgehead atoms. The number of benzene rings is 1. The Balaban J connectivity index is 2.21. The van der Waals surface area contributed by atoms with Crippen LogP contribution in [0.15, 0.2) is 18.2 Å². The first-order valence-corrected chi connectivity index (χ1v) is 6.80. The standard InChI is InChI=1S/C15H19NO5/c1-20-12-6-11(7-13(8-12)21-2)14(17)16-5-3-4-10(9-16)15(18)19/h6-8,10H,3-5,9H2,1-2H3,(H,18,19)/t10-/m0/s1. The Morgan fingerprint density at radius 1 is 1.19 bits per heavy atom. The molecule has 1 aliphatic rings. The Morgan fingerprint density at radius 3 is 2.33 bits per heavy atom. The van der Waals surface area contributed by atoms with Crippen LogP contribution in [-0.4, -0.2) is 49.2 Å². The fourth-order valence-electron chi connectivity index (χ4n) is 2.48. The molecule has 2 rings (SSSR count). The van der Waals surface area contributed by atoms with Crippen LogP contribution in [0.25, 0.3) is 0 Å². The van der Waals surface area contributed by atoms with Gasteiger partial charge in [0.2, 0.25) is 0 Å². The lowest BCUT2D eigenvalue weighted by Crippen LogP contribution is -2.42. The minimum absolute atomic E-state index is 0.196. The van der Waals surface area contributed by atoms with Gasteiger partial charge in [-0.15, -0.1) is 0 Å². The summed E-state index contributed by atoms with van der Waals surface area (Å²) in [6, 6.07) is 4.96. The van der Waals surface area contributed by atoms with Crippen LogP contribution in [0.4, 0.5) is 0 Å². The van der Waals surface area contributed by atoms with E-state index >= 15 is 0 Å². The summed E-state index contributed by atoms with van der Waals surface area (Å²) in [5, 5.41) is 9.09. The molecule has 1 aliphatic heterocycles. The maximum Gasteiger partial charge on any atom is 0.308 e. The average molecular weight is 293 g/mol. The highest BCUT2D eigenvalue weighted by Gasteiger charge is 2.29. The maximum absolute atomic E-state index is 12.5. The lowest BCUT2D eigenvalue weighted by Gasteiger charge is -2.30. The number of hydrogen-bond acceptors (Lipinski definition) is 4. The van der Waals surface area contributed by atoms with Gasteiger partial charge in [0.05, 0.1) is 20.1 Å². The highest BCUT2D eigenvalue weighted by atomic mass is 16.5. The number of amides is 1. The second-order valence-corrected chi connectivity index (χ2v) is 5.03. The number of rotatable bonds is 4. The molecule has 1 saturated heterocycles. The topological polar surface area (TPSA) is 76.1 Å². The van der Waals surface area contributed by atoms with Gasteiger partial charge in [0, 0.05) is 24.7 Å². The van der Waals surface area contributed by atoms with E-state index < -0.39 is 11.9 Å². The van der Waals surface area contributed by atoms with Gasteiger partial charge >= 0.3 is 5.97 Å². The summed E-state index contributed by atoms with van der Waals surface area (Å²) < 4.78 is 10.3. The number of likely N-dealkylation sites (tertiary alicyclic amines) is 1. The van der Waals surface area contributed by atoms with Crippen molar-refractivity contribution in [3.8, 4) is 11.5 Å². The first-order chi connectivity index (χ1) is 10.0. The molecule has 0 aliphatic carbocycles. The van der Waals surface area contributed by atoms with Crippen LogP contribution < -0.4 is 9.47 Å². The maximum atomic E-state index is 12.5. The second-order valence-electron chi connectivity index (χ2n) is 5.03. The molecule has 0 saturated carbocycles. The number of carbonyl (C=O) groups is 2. The van der Waals surface area contributed by atoms with Gasteiger partial charge in [-0.3, -0.25) is 9.59 Å². The fraction of sp³-hybridized carbons (Fsp3) is 0.467.